The number of nitriles is 1. The lowest BCUT2D eigenvalue weighted by atomic mass is 9.90. The fourth-order valence-corrected chi connectivity index (χ4v) is 8.75. The predicted octanol–water partition coefficient (Wildman–Crippen LogP) is 13.3. The van der Waals surface area contributed by atoms with Gasteiger partial charge in [-0.25, -0.2) is 15.0 Å². The first kappa shape index (κ1) is 32.4. The Balaban J connectivity index is 1.05. The number of nitrogens with zero attached hydrogens (tertiary/aromatic N) is 4. The maximum absolute atomic E-state index is 10.2. The van der Waals surface area contributed by atoms with E-state index in [1.54, 1.807) is 11.3 Å². The van der Waals surface area contributed by atoms with Crippen molar-refractivity contribution >= 4 is 42.3 Å². The van der Waals surface area contributed by atoms with Gasteiger partial charge in [0.05, 0.1) is 11.6 Å². The second-order valence-electron chi connectivity index (χ2n) is 13.5. The summed E-state index contributed by atoms with van der Waals surface area (Å²) in [6.45, 7) is 0. The lowest BCUT2D eigenvalue weighted by Gasteiger charge is -2.14. The van der Waals surface area contributed by atoms with E-state index < -0.39 is 0 Å². The van der Waals surface area contributed by atoms with Crippen molar-refractivity contribution in [2.75, 3.05) is 0 Å². The molecule has 0 saturated heterocycles. The summed E-state index contributed by atoms with van der Waals surface area (Å²) < 4.78 is 2.50. The molecule has 0 radical (unpaired) electrons. The van der Waals surface area contributed by atoms with Crippen LogP contribution in [0.4, 0.5) is 0 Å². The van der Waals surface area contributed by atoms with E-state index in [2.05, 4.69) is 115 Å². The number of aromatic nitrogens is 3. The van der Waals surface area contributed by atoms with Crippen LogP contribution in [0.3, 0.4) is 0 Å². The zero-order chi connectivity index (χ0) is 36.7. The highest BCUT2D eigenvalue weighted by molar-refractivity contribution is 7.26. The van der Waals surface area contributed by atoms with Crippen LogP contribution >= 0.6 is 11.3 Å². The number of rotatable bonds is 6. The minimum Gasteiger partial charge on any atom is -0.208 e. The van der Waals surface area contributed by atoms with E-state index in [9.17, 15) is 5.26 Å². The van der Waals surface area contributed by atoms with E-state index in [4.69, 9.17) is 15.0 Å². The molecule has 2 heterocycles. The quantitative estimate of drug-likeness (QED) is 0.172. The van der Waals surface area contributed by atoms with Crippen LogP contribution in [0, 0.1) is 11.3 Å². The minimum atomic E-state index is 0.624. The summed E-state index contributed by atoms with van der Waals surface area (Å²) in [5, 5.41) is 15.0. The second-order valence-corrected chi connectivity index (χ2v) is 14.6. The average molecular weight is 719 g/mol. The highest BCUT2D eigenvalue weighted by atomic mass is 32.1. The number of benzene rings is 8. The maximum atomic E-state index is 10.2. The molecule has 0 N–H and O–H groups in total. The molecular weight excluding hydrogens is 689 g/mol. The minimum absolute atomic E-state index is 0.624. The molecule has 4 nitrogen and oxygen atoms in total. The van der Waals surface area contributed by atoms with Crippen LogP contribution in [0.15, 0.2) is 182 Å². The summed E-state index contributed by atoms with van der Waals surface area (Å²) in [5.74, 6) is 1.90. The first-order valence-corrected chi connectivity index (χ1v) is 19.0. The fourth-order valence-electron chi connectivity index (χ4n) is 7.52. The second kappa shape index (κ2) is 13.6. The van der Waals surface area contributed by atoms with Crippen molar-refractivity contribution in [3.63, 3.8) is 0 Å². The molecule has 8 aromatic carbocycles. The van der Waals surface area contributed by atoms with Gasteiger partial charge in [-0.05, 0) is 68.4 Å². The molecule has 0 amide bonds. The molecule has 5 heteroatoms. The van der Waals surface area contributed by atoms with Gasteiger partial charge in [-0.1, -0.05) is 158 Å². The van der Waals surface area contributed by atoms with Crippen molar-refractivity contribution in [2.45, 2.75) is 0 Å². The number of thiophene rings is 1. The first-order chi connectivity index (χ1) is 27.2. The van der Waals surface area contributed by atoms with Crippen LogP contribution in [0.5, 0.6) is 0 Å². The van der Waals surface area contributed by atoms with Crippen molar-refractivity contribution in [1.82, 2.24) is 15.0 Å². The predicted molar refractivity (Wildman–Crippen MR) is 228 cm³/mol. The van der Waals surface area contributed by atoms with Gasteiger partial charge in [0.2, 0.25) is 0 Å². The first-order valence-electron chi connectivity index (χ1n) is 18.2. The molecule has 0 aliphatic heterocycles. The third-order valence-electron chi connectivity index (χ3n) is 10.2. The Hall–Kier alpha value is -7.26. The molecule has 2 aromatic heterocycles. The average Bonchev–Trinajstić information content (AvgIpc) is 3.65. The molecule has 10 rings (SSSR count). The van der Waals surface area contributed by atoms with Crippen LogP contribution < -0.4 is 0 Å². The molecule has 0 unspecified atom stereocenters. The molecule has 0 saturated carbocycles. The van der Waals surface area contributed by atoms with Crippen molar-refractivity contribution in [1.29, 1.82) is 5.26 Å². The zero-order valence-corrected chi connectivity index (χ0v) is 30.3. The van der Waals surface area contributed by atoms with Gasteiger partial charge in [-0.15, -0.1) is 11.3 Å². The summed E-state index contributed by atoms with van der Waals surface area (Å²) in [6.07, 6.45) is 0. The summed E-state index contributed by atoms with van der Waals surface area (Å²) in [7, 11) is 0. The lowest BCUT2D eigenvalue weighted by molar-refractivity contribution is 1.07. The van der Waals surface area contributed by atoms with Gasteiger partial charge < -0.3 is 0 Å². The van der Waals surface area contributed by atoms with Gasteiger partial charge in [-0.3, -0.25) is 0 Å². The molecule has 10 aromatic rings. The molecule has 0 fully saturated rings. The van der Waals surface area contributed by atoms with Crippen LogP contribution in [0.2, 0.25) is 0 Å². The summed E-state index contributed by atoms with van der Waals surface area (Å²) in [4.78, 5) is 14.7. The van der Waals surface area contributed by atoms with E-state index in [0.29, 0.717) is 23.0 Å². The smallest absolute Gasteiger partial charge is 0.164 e. The SMILES string of the molecule is N#Cc1cc(-c2ccc(-c3ccc(-c4nc(-c5ccccc5)nc(-c5ccccc5)n4)cc3)c3ccccc23)cc(-c2cccc3c2sc2ccccc23)c1. The number of hydrogen-bond donors (Lipinski definition) is 0. The molecule has 256 valence electrons. The monoisotopic (exact) mass is 718 g/mol. The van der Waals surface area contributed by atoms with E-state index in [-0.39, 0.29) is 0 Å². The Labute approximate surface area is 322 Å². The van der Waals surface area contributed by atoms with Crippen molar-refractivity contribution in [2.24, 2.45) is 0 Å². The van der Waals surface area contributed by atoms with Gasteiger partial charge >= 0.3 is 0 Å². The van der Waals surface area contributed by atoms with Gasteiger partial charge in [0, 0.05) is 36.9 Å². The highest BCUT2D eigenvalue weighted by Gasteiger charge is 2.16. The van der Waals surface area contributed by atoms with Crippen LogP contribution in [0.25, 0.3) is 98.5 Å². The Bertz CT molecular complexity index is 3030. The number of hydrogen-bond acceptors (Lipinski definition) is 5. The maximum Gasteiger partial charge on any atom is 0.164 e. The molecule has 0 aliphatic carbocycles. The van der Waals surface area contributed by atoms with Crippen molar-refractivity contribution < 1.29 is 0 Å². The standard InChI is InChI=1S/C50H30N4S/c51-31-32-28-37(30-38(29-32)41-19-11-20-45-44-18-9-10-21-46(44)55-47(41)45)40-27-26-39(42-16-7-8-17-43(40)42)33-22-24-36(25-23-33)50-53-48(34-12-3-1-4-13-34)52-49(54-50)35-14-5-2-6-15-35/h1-30H. The zero-order valence-electron chi connectivity index (χ0n) is 29.5. The van der Waals surface area contributed by atoms with Gasteiger partial charge in [0.25, 0.3) is 0 Å². The molecular formula is C50H30N4S. The highest BCUT2D eigenvalue weighted by Crippen LogP contribution is 2.42. The molecule has 0 bridgehead atoms. The van der Waals surface area contributed by atoms with E-state index in [1.807, 2.05) is 72.8 Å². The Kier molecular flexibility index (Phi) is 8.02. The van der Waals surface area contributed by atoms with E-state index in [1.165, 1.54) is 20.2 Å². The third kappa shape index (κ3) is 5.92. The molecule has 0 spiro atoms. The van der Waals surface area contributed by atoms with Gasteiger partial charge in [0.15, 0.2) is 17.5 Å². The fraction of sp³-hybridized carbons (Fsp3) is 0. The third-order valence-corrected chi connectivity index (χ3v) is 11.4. The number of fused-ring (bicyclic) bond motifs is 4. The van der Waals surface area contributed by atoms with Crippen LogP contribution in [-0.2, 0) is 0 Å². The molecule has 0 atom stereocenters. The van der Waals surface area contributed by atoms with Crippen LogP contribution in [-0.4, -0.2) is 15.0 Å². The molecule has 0 aliphatic rings. The largest absolute Gasteiger partial charge is 0.208 e. The normalized spacial score (nSPS) is 11.3. The van der Waals surface area contributed by atoms with Crippen molar-refractivity contribution in [3.8, 4) is 73.6 Å². The van der Waals surface area contributed by atoms with E-state index in [0.717, 1.165) is 60.8 Å². The van der Waals surface area contributed by atoms with Crippen LogP contribution in [0.1, 0.15) is 5.56 Å². The van der Waals surface area contributed by atoms with Crippen molar-refractivity contribution in [3.05, 3.63) is 188 Å². The summed E-state index contributed by atoms with van der Waals surface area (Å²) >= 11 is 1.81. The summed E-state index contributed by atoms with van der Waals surface area (Å²) in [6, 6.07) is 65.2. The Morgan fingerprint density at radius 3 is 1.44 bits per heavy atom. The molecule has 55 heavy (non-hydrogen) atoms. The van der Waals surface area contributed by atoms with E-state index >= 15 is 0 Å². The van der Waals surface area contributed by atoms with Gasteiger partial charge in [-0.2, -0.15) is 5.26 Å². The lowest BCUT2D eigenvalue weighted by Crippen LogP contribution is -2.00. The summed E-state index contributed by atoms with van der Waals surface area (Å²) in [5.41, 5.74) is 9.94. The Morgan fingerprint density at radius 2 is 0.836 bits per heavy atom. The topological polar surface area (TPSA) is 62.5 Å². The van der Waals surface area contributed by atoms with Gasteiger partial charge in [0.1, 0.15) is 0 Å². The Morgan fingerprint density at radius 1 is 0.364 bits per heavy atom.